The Labute approximate surface area is 233 Å². The fraction of sp³-hybridized carbons (Fsp3) is 0.533. The van der Waals surface area contributed by atoms with Crippen LogP contribution in [-0.4, -0.2) is 95.9 Å². The molecule has 1 aromatic carbocycles. The lowest BCUT2D eigenvalue weighted by Gasteiger charge is -2.33. The van der Waals surface area contributed by atoms with E-state index < -0.39 is 5.97 Å². The van der Waals surface area contributed by atoms with Gasteiger partial charge in [-0.3, -0.25) is 24.3 Å². The van der Waals surface area contributed by atoms with Crippen LogP contribution in [0.2, 0.25) is 0 Å². The number of aliphatic carboxylic acids is 1. The molecule has 0 aliphatic carbocycles. The Hall–Kier alpha value is -3.30. The van der Waals surface area contributed by atoms with Crippen molar-refractivity contribution in [3.05, 3.63) is 47.8 Å². The quantitative estimate of drug-likeness (QED) is 0.396. The summed E-state index contributed by atoms with van der Waals surface area (Å²) in [7, 11) is 2.09. The zero-order chi connectivity index (χ0) is 28.8. The van der Waals surface area contributed by atoms with Gasteiger partial charge in [0.15, 0.2) is 0 Å². The number of pyridine rings is 1. The van der Waals surface area contributed by atoms with Crippen LogP contribution in [0.3, 0.4) is 0 Å². The Morgan fingerprint density at radius 1 is 1.15 bits per heavy atom. The third-order valence-electron chi connectivity index (χ3n) is 7.03. The number of piperidine rings is 1. The summed E-state index contributed by atoms with van der Waals surface area (Å²) in [6.45, 7) is 12.9. The fourth-order valence-corrected chi connectivity index (χ4v) is 4.61. The molecule has 0 radical (unpaired) electrons. The Morgan fingerprint density at radius 3 is 2.46 bits per heavy atom. The molecule has 2 heterocycles. The molecule has 3 rings (SSSR count). The van der Waals surface area contributed by atoms with Gasteiger partial charge in [-0.15, -0.1) is 0 Å². The molecule has 0 bridgehead atoms. The number of aromatic nitrogens is 1. The van der Waals surface area contributed by atoms with Crippen molar-refractivity contribution in [3.8, 4) is 11.1 Å². The number of likely N-dealkylation sites (N-methyl/N-ethyl adjacent to an activating group) is 2. The van der Waals surface area contributed by atoms with Crippen molar-refractivity contribution in [1.29, 1.82) is 0 Å². The Balaban J connectivity index is 0.000000274. The number of aryl methyl sites for hydroxylation is 2. The molecule has 1 saturated heterocycles. The maximum absolute atomic E-state index is 11.2. The van der Waals surface area contributed by atoms with Crippen molar-refractivity contribution >= 4 is 24.0 Å². The van der Waals surface area contributed by atoms with E-state index in [9.17, 15) is 14.4 Å². The van der Waals surface area contributed by atoms with Crippen LogP contribution < -0.4 is 5.32 Å². The van der Waals surface area contributed by atoms with Crippen LogP contribution >= 0.6 is 0 Å². The van der Waals surface area contributed by atoms with Gasteiger partial charge in [-0.2, -0.15) is 0 Å². The largest absolute Gasteiger partial charge is 0.480 e. The summed E-state index contributed by atoms with van der Waals surface area (Å²) >= 11 is 0. The highest BCUT2D eigenvalue weighted by Gasteiger charge is 2.21. The monoisotopic (exact) mass is 539 g/mol. The number of hydrogen-bond acceptors (Lipinski definition) is 6. The SMILES string of the molecule is CCN(C=O)CCN(C)CC1CCN(CC(=O)O)CC1.CCc1cccc(-c2cnc(C)c(NC(C)=O)c2)c1. The molecule has 9 nitrogen and oxygen atoms in total. The summed E-state index contributed by atoms with van der Waals surface area (Å²) in [6.07, 6.45) is 5.87. The van der Waals surface area contributed by atoms with Crippen LogP contribution in [0.4, 0.5) is 5.69 Å². The first-order valence-electron chi connectivity index (χ1n) is 13.8. The van der Waals surface area contributed by atoms with Crippen LogP contribution in [0.15, 0.2) is 36.5 Å². The standard InChI is InChI=1S/C16H18N2O.C14H27N3O3/c1-4-13-6-5-7-14(8-13)15-9-16(18-12(3)19)11(2)17-10-15;1-3-16(12-18)9-8-15(2)10-13-4-6-17(7-5-13)11-14(19)20/h5-10H,4H2,1-3H3,(H,18,19);12-13H,3-11H2,1-2H3,(H,19,20). The third kappa shape index (κ3) is 11.5. The van der Waals surface area contributed by atoms with Crippen molar-refractivity contribution in [3.63, 3.8) is 0 Å². The number of benzene rings is 1. The molecule has 2 aromatic rings. The van der Waals surface area contributed by atoms with E-state index in [0.29, 0.717) is 5.92 Å². The van der Waals surface area contributed by atoms with Gasteiger partial charge in [-0.05, 0) is 76.4 Å². The van der Waals surface area contributed by atoms with Gasteiger partial charge in [0.25, 0.3) is 0 Å². The Kier molecular flexibility index (Phi) is 13.6. The summed E-state index contributed by atoms with van der Waals surface area (Å²) < 4.78 is 0. The maximum atomic E-state index is 11.2. The second kappa shape index (κ2) is 16.6. The number of nitrogens with zero attached hydrogens (tertiary/aromatic N) is 4. The first-order valence-corrected chi connectivity index (χ1v) is 13.8. The number of nitrogens with one attached hydrogen (secondary N) is 1. The van der Waals surface area contributed by atoms with Gasteiger partial charge in [0, 0.05) is 44.9 Å². The minimum atomic E-state index is -0.742. The van der Waals surface area contributed by atoms with E-state index in [1.807, 2.05) is 37.1 Å². The topological polar surface area (TPSA) is 106 Å². The molecule has 1 aliphatic rings. The Morgan fingerprint density at radius 2 is 1.87 bits per heavy atom. The van der Waals surface area contributed by atoms with E-state index in [1.165, 1.54) is 12.5 Å². The van der Waals surface area contributed by atoms with Crippen molar-refractivity contribution < 1.29 is 19.5 Å². The predicted octanol–water partition coefficient (Wildman–Crippen LogP) is 3.77. The summed E-state index contributed by atoms with van der Waals surface area (Å²) in [6, 6.07) is 10.3. The van der Waals surface area contributed by atoms with E-state index in [-0.39, 0.29) is 12.5 Å². The number of carboxylic acids is 1. The van der Waals surface area contributed by atoms with Crippen molar-refractivity contribution in [2.75, 3.05) is 58.2 Å². The van der Waals surface area contributed by atoms with Gasteiger partial charge in [0.2, 0.25) is 12.3 Å². The van der Waals surface area contributed by atoms with E-state index in [0.717, 1.165) is 87.4 Å². The van der Waals surface area contributed by atoms with Crippen LogP contribution in [0.1, 0.15) is 44.9 Å². The van der Waals surface area contributed by atoms with Crippen molar-refractivity contribution in [2.24, 2.45) is 5.92 Å². The number of carbonyl (C=O) groups is 3. The number of anilines is 1. The summed E-state index contributed by atoms with van der Waals surface area (Å²) in [5, 5.41) is 11.6. The lowest BCUT2D eigenvalue weighted by molar-refractivity contribution is -0.138. The first-order chi connectivity index (χ1) is 18.6. The number of likely N-dealkylation sites (tertiary alicyclic amines) is 1. The number of rotatable bonds is 12. The number of amides is 2. The van der Waals surface area contributed by atoms with Gasteiger partial charge in [0.1, 0.15) is 0 Å². The highest BCUT2D eigenvalue weighted by molar-refractivity contribution is 5.90. The molecule has 2 amide bonds. The molecular formula is C30H45N5O4. The van der Waals surface area contributed by atoms with Crippen LogP contribution in [-0.2, 0) is 20.8 Å². The molecule has 2 N–H and O–H groups in total. The minimum absolute atomic E-state index is 0.0793. The van der Waals surface area contributed by atoms with Crippen molar-refractivity contribution in [1.82, 2.24) is 19.7 Å². The number of carboxylic acid groups (broad SMARTS) is 1. The van der Waals surface area contributed by atoms with Crippen LogP contribution in [0.25, 0.3) is 11.1 Å². The lowest BCUT2D eigenvalue weighted by atomic mass is 9.96. The molecule has 0 saturated carbocycles. The summed E-state index contributed by atoms with van der Waals surface area (Å²) in [5.41, 5.74) is 5.03. The lowest BCUT2D eigenvalue weighted by Crippen LogP contribution is -2.41. The zero-order valence-electron chi connectivity index (χ0n) is 24.2. The van der Waals surface area contributed by atoms with Crippen LogP contribution in [0.5, 0.6) is 0 Å². The highest BCUT2D eigenvalue weighted by Crippen LogP contribution is 2.24. The van der Waals surface area contributed by atoms with Gasteiger partial charge >= 0.3 is 5.97 Å². The number of carbonyl (C=O) groups excluding carboxylic acids is 2. The molecule has 0 spiro atoms. The molecular weight excluding hydrogens is 494 g/mol. The van der Waals surface area contributed by atoms with E-state index in [1.54, 1.807) is 4.90 Å². The van der Waals surface area contributed by atoms with Gasteiger partial charge < -0.3 is 20.2 Å². The molecule has 1 aromatic heterocycles. The zero-order valence-corrected chi connectivity index (χ0v) is 24.2. The van der Waals surface area contributed by atoms with E-state index in [4.69, 9.17) is 5.11 Å². The smallest absolute Gasteiger partial charge is 0.317 e. The molecule has 0 unspecified atom stereocenters. The maximum Gasteiger partial charge on any atom is 0.317 e. The minimum Gasteiger partial charge on any atom is -0.480 e. The average Bonchev–Trinajstić information content (AvgIpc) is 2.91. The van der Waals surface area contributed by atoms with E-state index in [2.05, 4.69) is 47.4 Å². The van der Waals surface area contributed by atoms with E-state index >= 15 is 0 Å². The first kappa shape index (κ1) is 31.9. The van der Waals surface area contributed by atoms with Gasteiger partial charge in [-0.25, -0.2) is 0 Å². The summed E-state index contributed by atoms with van der Waals surface area (Å²) in [5.74, 6) is -0.185. The number of hydrogen-bond donors (Lipinski definition) is 2. The summed E-state index contributed by atoms with van der Waals surface area (Å²) in [4.78, 5) is 42.9. The highest BCUT2D eigenvalue weighted by atomic mass is 16.4. The molecule has 39 heavy (non-hydrogen) atoms. The van der Waals surface area contributed by atoms with Gasteiger partial charge in [-0.1, -0.05) is 31.2 Å². The second-order valence-electron chi connectivity index (χ2n) is 10.2. The third-order valence-corrected chi connectivity index (χ3v) is 7.03. The molecule has 1 aliphatic heterocycles. The van der Waals surface area contributed by atoms with Crippen molar-refractivity contribution in [2.45, 2.75) is 47.0 Å². The molecule has 1 fully saturated rings. The predicted molar refractivity (Wildman–Crippen MR) is 156 cm³/mol. The second-order valence-corrected chi connectivity index (χ2v) is 10.2. The Bertz CT molecular complexity index is 1070. The molecule has 0 atom stereocenters. The fourth-order valence-electron chi connectivity index (χ4n) is 4.61. The average molecular weight is 540 g/mol. The van der Waals surface area contributed by atoms with Gasteiger partial charge in [0.05, 0.1) is 17.9 Å². The normalized spacial score (nSPS) is 13.9. The molecule has 9 heteroatoms. The molecule has 214 valence electrons. The van der Waals surface area contributed by atoms with Crippen LogP contribution in [0, 0.1) is 12.8 Å².